The van der Waals surface area contributed by atoms with Gasteiger partial charge in [-0.1, -0.05) is 24.3 Å². The van der Waals surface area contributed by atoms with Crippen molar-refractivity contribution < 1.29 is 9.53 Å². The van der Waals surface area contributed by atoms with Crippen LogP contribution >= 0.6 is 0 Å². The maximum atomic E-state index is 12.9. The molecule has 8 nitrogen and oxygen atoms in total. The van der Waals surface area contributed by atoms with E-state index in [4.69, 9.17) is 4.74 Å². The molecule has 1 amide bonds. The molecular weight excluding hydrogens is 358 g/mol. The Labute approximate surface area is 160 Å². The molecule has 0 saturated carbocycles. The van der Waals surface area contributed by atoms with Gasteiger partial charge in [-0.05, 0) is 36.8 Å². The van der Waals surface area contributed by atoms with E-state index in [1.807, 2.05) is 48.5 Å². The molecule has 0 spiro atoms. The highest BCUT2D eigenvalue weighted by molar-refractivity contribution is 5.82. The number of benzene rings is 2. The molecule has 0 saturated heterocycles. The number of amides is 1. The molecule has 0 aliphatic heterocycles. The molecule has 0 radical (unpaired) electrons. The molecular formula is C20H19N5O3. The first kappa shape index (κ1) is 17.7. The first-order valence-electron chi connectivity index (χ1n) is 8.81. The van der Waals surface area contributed by atoms with Crippen LogP contribution in [0.2, 0.25) is 0 Å². The molecule has 2 heterocycles. The van der Waals surface area contributed by atoms with E-state index < -0.39 is 0 Å². The Morgan fingerprint density at radius 2 is 1.89 bits per heavy atom. The predicted molar refractivity (Wildman–Crippen MR) is 104 cm³/mol. The molecule has 142 valence electrons. The molecule has 28 heavy (non-hydrogen) atoms. The Morgan fingerprint density at radius 1 is 1.11 bits per heavy atom. The minimum atomic E-state index is -0.351. The first-order valence-corrected chi connectivity index (χ1v) is 8.81. The van der Waals surface area contributed by atoms with Gasteiger partial charge in [0.15, 0.2) is 0 Å². The number of hydrogen-bond donors (Lipinski definition) is 1. The van der Waals surface area contributed by atoms with Gasteiger partial charge in [0.05, 0.1) is 18.1 Å². The Morgan fingerprint density at radius 3 is 2.68 bits per heavy atom. The number of para-hydroxylation sites is 2. The fourth-order valence-corrected chi connectivity index (χ4v) is 3.24. The quantitative estimate of drug-likeness (QED) is 0.571. The summed E-state index contributed by atoms with van der Waals surface area (Å²) in [4.78, 5) is 25.4. The van der Waals surface area contributed by atoms with Gasteiger partial charge in [-0.2, -0.15) is 0 Å². The van der Waals surface area contributed by atoms with Crippen molar-refractivity contribution in [3.8, 4) is 5.75 Å². The highest BCUT2D eigenvalue weighted by atomic mass is 16.5. The fraction of sp³-hybridized carbons (Fsp3) is 0.200. The maximum Gasteiger partial charge on any atom is 0.297 e. The number of fused-ring (bicyclic) bond motifs is 3. The van der Waals surface area contributed by atoms with Crippen LogP contribution in [0, 0.1) is 6.92 Å². The van der Waals surface area contributed by atoms with Crippen molar-refractivity contribution in [1.29, 1.82) is 0 Å². The molecule has 0 aliphatic rings. The predicted octanol–water partition coefficient (Wildman–Crippen LogP) is 1.68. The number of methoxy groups -OCH3 is 1. The zero-order valence-corrected chi connectivity index (χ0v) is 15.5. The number of rotatable bonds is 5. The van der Waals surface area contributed by atoms with Crippen LogP contribution in [0.25, 0.3) is 16.7 Å². The van der Waals surface area contributed by atoms with Gasteiger partial charge < -0.3 is 10.1 Å². The number of carbonyl (C=O) groups is 1. The summed E-state index contributed by atoms with van der Waals surface area (Å²) in [7, 11) is 1.59. The zero-order chi connectivity index (χ0) is 19.7. The average Bonchev–Trinajstić information content (AvgIpc) is 3.11. The van der Waals surface area contributed by atoms with E-state index in [-0.39, 0.29) is 23.7 Å². The third-order valence-corrected chi connectivity index (χ3v) is 4.60. The molecule has 1 N–H and O–H groups in total. The van der Waals surface area contributed by atoms with Gasteiger partial charge in [0.25, 0.3) is 5.56 Å². The monoisotopic (exact) mass is 377 g/mol. The fourth-order valence-electron chi connectivity index (χ4n) is 3.24. The SMILES string of the molecule is COc1cccc(CNC(=O)Cn2c(=O)c3nnc(C)n3c3ccccc32)c1. The number of hydrogen-bond acceptors (Lipinski definition) is 5. The van der Waals surface area contributed by atoms with Crippen molar-refractivity contribution in [3.63, 3.8) is 0 Å². The van der Waals surface area contributed by atoms with Gasteiger partial charge in [0.1, 0.15) is 18.1 Å². The summed E-state index contributed by atoms with van der Waals surface area (Å²) in [5.41, 5.74) is 2.20. The summed E-state index contributed by atoms with van der Waals surface area (Å²) in [5, 5.41) is 10.8. The summed E-state index contributed by atoms with van der Waals surface area (Å²) in [6.45, 7) is 2.03. The van der Waals surface area contributed by atoms with Crippen LogP contribution in [0.5, 0.6) is 5.75 Å². The molecule has 2 aromatic carbocycles. The summed E-state index contributed by atoms with van der Waals surface area (Å²) >= 11 is 0. The first-order chi connectivity index (χ1) is 13.6. The van der Waals surface area contributed by atoms with Crippen LogP contribution in [0.15, 0.2) is 53.3 Å². The zero-order valence-electron chi connectivity index (χ0n) is 15.5. The van der Waals surface area contributed by atoms with Gasteiger partial charge in [-0.15, -0.1) is 10.2 Å². The van der Waals surface area contributed by atoms with Crippen molar-refractivity contribution >= 4 is 22.6 Å². The van der Waals surface area contributed by atoms with Crippen molar-refractivity contribution in [2.45, 2.75) is 20.0 Å². The minimum Gasteiger partial charge on any atom is -0.497 e. The highest BCUT2D eigenvalue weighted by Crippen LogP contribution is 2.15. The summed E-state index contributed by atoms with van der Waals surface area (Å²) in [5.74, 6) is 1.08. The van der Waals surface area contributed by atoms with Gasteiger partial charge in [-0.25, -0.2) is 0 Å². The number of aromatic nitrogens is 4. The normalized spacial score (nSPS) is 11.1. The van der Waals surface area contributed by atoms with Gasteiger partial charge in [0.2, 0.25) is 11.6 Å². The molecule has 8 heteroatoms. The number of nitrogens with one attached hydrogen (secondary N) is 1. The number of carbonyl (C=O) groups excluding carboxylic acids is 1. The van der Waals surface area contributed by atoms with E-state index in [9.17, 15) is 9.59 Å². The molecule has 0 atom stereocenters. The van der Waals surface area contributed by atoms with Gasteiger partial charge >= 0.3 is 0 Å². The largest absolute Gasteiger partial charge is 0.497 e. The topological polar surface area (TPSA) is 90.5 Å². The van der Waals surface area contributed by atoms with E-state index in [0.29, 0.717) is 17.9 Å². The Hall–Kier alpha value is -3.68. The van der Waals surface area contributed by atoms with Crippen molar-refractivity contribution in [1.82, 2.24) is 24.5 Å². The molecule has 0 unspecified atom stereocenters. The highest BCUT2D eigenvalue weighted by Gasteiger charge is 2.16. The van der Waals surface area contributed by atoms with Crippen molar-refractivity contribution in [2.24, 2.45) is 0 Å². The van der Waals surface area contributed by atoms with E-state index in [1.54, 1.807) is 18.4 Å². The van der Waals surface area contributed by atoms with Crippen molar-refractivity contribution in [3.05, 3.63) is 70.3 Å². The number of aryl methyl sites for hydroxylation is 1. The van der Waals surface area contributed by atoms with Crippen LogP contribution in [0.1, 0.15) is 11.4 Å². The molecule has 0 aliphatic carbocycles. The standard InChI is InChI=1S/C20H19N5O3/c1-13-22-23-19-20(27)24(16-8-3-4-9-17(16)25(13)19)12-18(26)21-11-14-6-5-7-15(10-14)28-2/h3-10H,11-12H2,1-2H3,(H,21,26). The second kappa shape index (κ2) is 7.15. The Bertz CT molecular complexity index is 1240. The summed E-state index contributed by atoms with van der Waals surface area (Å²) in [6, 6.07) is 14.8. The summed E-state index contributed by atoms with van der Waals surface area (Å²) < 4.78 is 8.33. The van der Waals surface area contributed by atoms with E-state index in [2.05, 4.69) is 15.5 Å². The molecule has 0 fully saturated rings. The lowest BCUT2D eigenvalue weighted by Crippen LogP contribution is -2.33. The van der Waals surface area contributed by atoms with Crippen LogP contribution < -0.4 is 15.6 Å². The van der Waals surface area contributed by atoms with Crippen LogP contribution in [0.4, 0.5) is 0 Å². The van der Waals surface area contributed by atoms with Crippen molar-refractivity contribution in [2.75, 3.05) is 7.11 Å². The van der Waals surface area contributed by atoms with Gasteiger partial charge in [0, 0.05) is 6.54 Å². The molecule has 4 aromatic rings. The van der Waals surface area contributed by atoms with E-state index in [1.165, 1.54) is 4.57 Å². The van der Waals surface area contributed by atoms with Crippen LogP contribution in [0.3, 0.4) is 0 Å². The van der Waals surface area contributed by atoms with Crippen LogP contribution in [-0.4, -0.2) is 32.2 Å². The van der Waals surface area contributed by atoms with Gasteiger partial charge in [-0.3, -0.25) is 18.6 Å². The Balaban J connectivity index is 1.64. The van der Waals surface area contributed by atoms with Crippen LogP contribution in [-0.2, 0) is 17.9 Å². The number of nitrogens with zero attached hydrogens (tertiary/aromatic N) is 4. The molecule has 4 rings (SSSR count). The maximum absolute atomic E-state index is 12.9. The third-order valence-electron chi connectivity index (χ3n) is 4.60. The molecule has 2 aromatic heterocycles. The van der Waals surface area contributed by atoms with E-state index >= 15 is 0 Å². The molecule has 0 bridgehead atoms. The lowest BCUT2D eigenvalue weighted by molar-refractivity contribution is -0.121. The second-order valence-corrected chi connectivity index (χ2v) is 6.41. The minimum absolute atomic E-state index is 0.105. The lowest BCUT2D eigenvalue weighted by Gasteiger charge is -2.12. The lowest BCUT2D eigenvalue weighted by atomic mass is 10.2. The smallest absolute Gasteiger partial charge is 0.297 e. The average molecular weight is 377 g/mol. The number of ether oxygens (including phenoxy) is 1. The Kier molecular flexibility index (Phi) is 4.52. The third kappa shape index (κ3) is 3.09. The summed E-state index contributed by atoms with van der Waals surface area (Å²) in [6.07, 6.45) is 0. The second-order valence-electron chi connectivity index (χ2n) is 6.41. The van der Waals surface area contributed by atoms with E-state index in [0.717, 1.165) is 16.8 Å².